The Morgan fingerprint density at radius 1 is 1.53 bits per heavy atom. The number of hydrogen-bond donors (Lipinski definition) is 2. The maximum absolute atomic E-state index is 13.6. The first-order valence-corrected chi connectivity index (χ1v) is 5.97. The van der Waals surface area contributed by atoms with Gasteiger partial charge in [-0.2, -0.15) is 0 Å². The maximum atomic E-state index is 13.6. The lowest BCUT2D eigenvalue weighted by Crippen LogP contribution is -2.30. The van der Waals surface area contributed by atoms with Crippen molar-refractivity contribution in [3.05, 3.63) is 23.5 Å². The predicted octanol–water partition coefficient (Wildman–Crippen LogP) is 2.08. The second-order valence-electron chi connectivity index (χ2n) is 4.55. The largest absolute Gasteiger partial charge is 0.504 e. The van der Waals surface area contributed by atoms with Gasteiger partial charge in [0.25, 0.3) is 0 Å². The third-order valence-corrected chi connectivity index (χ3v) is 3.21. The molecule has 1 heterocycles. The van der Waals surface area contributed by atoms with E-state index in [0.29, 0.717) is 5.92 Å². The number of piperidine rings is 1. The molecule has 1 aliphatic rings. The standard InChI is InChI=1S/C13H18FNO2/c1-17-13-11(14)6-10(7-12(13)16)5-9-3-2-4-15-8-9/h6-7,9,15-16H,2-5,8H2,1H3. The monoisotopic (exact) mass is 239 g/mol. The molecule has 17 heavy (non-hydrogen) atoms. The highest BCUT2D eigenvalue weighted by Gasteiger charge is 2.16. The molecule has 0 radical (unpaired) electrons. The van der Waals surface area contributed by atoms with Gasteiger partial charge < -0.3 is 15.2 Å². The number of phenols is 1. The molecule has 0 bridgehead atoms. The van der Waals surface area contributed by atoms with Crippen LogP contribution in [0.15, 0.2) is 12.1 Å². The number of hydrogen-bond acceptors (Lipinski definition) is 3. The average molecular weight is 239 g/mol. The SMILES string of the molecule is COc1c(O)cc(CC2CCCNC2)cc1F. The first-order chi connectivity index (χ1) is 8.20. The molecule has 0 spiro atoms. The second kappa shape index (κ2) is 5.36. The molecular formula is C13H18FNO2. The van der Waals surface area contributed by atoms with Gasteiger partial charge in [-0.25, -0.2) is 4.39 Å². The summed E-state index contributed by atoms with van der Waals surface area (Å²) >= 11 is 0. The molecule has 1 fully saturated rings. The number of aromatic hydroxyl groups is 1. The van der Waals surface area contributed by atoms with Crippen LogP contribution in [0.1, 0.15) is 18.4 Å². The van der Waals surface area contributed by atoms with Gasteiger partial charge in [0.2, 0.25) is 0 Å². The number of ether oxygens (including phenoxy) is 1. The highest BCUT2D eigenvalue weighted by Crippen LogP contribution is 2.31. The molecule has 2 N–H and O–H groups in total. The van der Waals surface area contributed by atoms with Crippen molar-refractivity contribution in [3.8, 4) is 11.5 Å². The molecule has 1 aromatic rings. The molecule has 1 saturated heterocycles. The lowest BCUT2D eigenvalue weighted by molar-refractivity contribution is 0.347. The van der Waals surface area contributed by atoms with E-state index in [0.717, 1.165) is 37.9 Å². The number of rotatable bonds is 3. The van der Waals surface area contributed by atoms with Crippen molar-refractivity contribution < 1.29 is 14.2 Å². The molecular weight excluding hydrogens is 221 g/mol. The van der Waals surface area contributed by atoms with Crippen molar-refractivity contribution >= 4 is 0 Å². The smallest absolute Gasteiger partial charge is 0.196 e. The molecule has 1 unspecified atom stereocenters. The van der Waals surface area contributed by atoms with Crippen molar-refractivity contribution in [2.75, 3.05) is 20.2 Å². The van der Waals surface area contributed by atoms with Gasteiger partial charge in [-0.05, 0) is 56.0 Å². The number of methoxy groups -OCH3 is 1. The minimum Gasteiger partial charge on any atom is -0.504 e. The molecule has 2 rings (SSSR count). The maximum Gasteiger partial charge on any atom is 0.196 e. The fourth-order valence-corrected chi connectivity index (χ4v) is 2.38. The average Bonchev–Trinajstić information content (AvgIpc) is 2.30. The Kier molecular flexibility index (Phi) is 3.84. The van der Waals surface area contributed by atoms with Gasteiger partial charge in [-0.3, -0.25) is 0 Å². The fourth-order valence-electron chi connectivity index (χ4n) is 2.38. The summed E-state index contributed by atoms with van der Waals surface area (Å²) in [7, 11) is 1.35. The Morgan fingerprint density at radius 2 is 2.35 bits per heavy atom. The normalized spacial score (nSPS) is 20.2. The van der Waals surface area contributed by atoms with E-state index in [-0.39, 0.29) is 11.5 Å². The van der Waals surface area contributed by atoms with Crippen molar-refractivity contribution in [3.63, 3.8) is 0 Å². The molecule has 4 heteroatoms. The van der Waals surface area contributed by atoms with Gasteiger partial charge in [0.1, 0.15) is 0 Å². The zero-order valence-corrected chi connectivity index (χ0v) is 10.0. The Bertz CT molecular complexity index is 366. The Labute approximate surface area is 101 Å². The third-order valence-electron chi connectivity index (χ3n) is 3.21. The Morgan fingerprint density at radius 3 is 2.94 bits per heavy atom. The third kappa shape index (κ3) is 2.88. The second-order valence-corrected chi connectivity index (χ2v) is 4.55. The van der Waals surface area contributed by atoms with Gasteiger partial charge in [0, 0.05) is 0 Å². The topological polar surface area (TPSA) is 41.5 Å². The van der Waals surface area contributed by atoms with Crippen LogP contribution in [-0.2, 0) is 6.42 Å². The van der Waals surface area contributed by atoms with Crippen LogP contribution in [0, 0.1) is 11.7 Å². The van der Waals surface area contributed by atoms with Gasteiger partial charge in [0.05, 0.1) is 7.11 Å². The van der Waals surface area contributed by atoms with Gasteiger partial charge in [0.15, 0.2) is 17.3 Å². The number of phenolic OH excluding ortho intramolecular Hbond substituents is 1. The van der Waals surface area contributed by atoms with Crippen LogP contribution < -0.4 is 10.1 Å². The van der Waals surface area contributed by atoms with Gasteiger partial charge >= 0.3 is 0 Å². The summed E-state index contributed by atoms with van der Waals surface area (Å²) in [5.74, 6) is -0.163. The molecule has 0 saturated carbocycles. The highest BCUT2D eigenvalue weighted by molar-refractivity contribution is 5.43. The predicted molar refractivity (Wildman–Crippen MR) is 63.9 cm³/mol. The van der Waals surface area contributed by atoms with Crippen LogP contribution in [-0.4, -0.2) is 25.3 Å². The molecule has 0 aromatic heterocycles. The molecule has 3 nitrogen and oxygen atoms in total. The van der Waals surface area contributed by atoms with Gasteiger partial charge in [-0.15, -0.1) is 0 Å². The minimum absolute atomic E-state index is 0.0736. The first-order valence-electron chi connectivity index (χ1n) is 5.97. The number of halogens is 1. The van der Waals surface area contributed by atoms with E-state index >= 15 is 0 Å². The Balaban J connectivity index is 2.10. The van der Waals surface area contributed by atoms with Crippen molar-refractivity contribution in [1.82, 2.24) is 5.32 Å². The van der Waals surface area contributed by atoms with Crippen LogP contribution in [0.25, 0.3) is 0 Å². The zero-order valence-electron chi connectivity index (χ0n) is 10.0. The summed E-state index contributed by atoms with van der Waals surface area (Å²) < 4.78 is 18.3. The zero-order chi connectivity index (χ0) is 12.3. The van der Waals surface area contributed by atoms with Crippen molar-refractivity contribution in [2.24, 2.45) is 5.92 Å². The summed E-state index contributed by atoms with van der Waals surface area (Å²) in [6.07, 6.45) is 3.11. The molecule has 94 valence electrons. The molecule has 1 aliphatic heterocycles. The highest BCUT2D eigenvalue weighted by atomic mass is 19.1. The lowest BCUT2D eigenvalue weighted by Gasteiger charge is -2.22. The van der Waals surface area contributed by atoms with Crippen LogP contribution in [0.2, 0.25) is 0 Å². The van der Waals surface area contributed by atoms with Crippen LogP contribution in [0.4, 0.5) is 4.39 Å². The quantitative estimate of drug-likeness (QED) is 0.848. The van der Waals surface area contributed by atoms with Crippen LogP contribution >= 0.6 is 0 Å². The van der Waals surface area contributed by atoms with Crippen molar-refractivity contribution in [1.29, 1.82) is 0 Å². The molecule has 0 aliphatic carbocycles. The van der Waals surface area contributed by atoms with E-state index in [4.69, 9.17) is 4.74 Å². The first kappa shape index (κ1) is 12.2. The van der Waals surface area contributed by atoms with Crippen LogP contribution in [0.3, 0.4) is 0 Å². The lowest BCUT2D eigenvalue weighted by atomic mass is 9.92. The van der Waals surface area contributed by atoms with Crippen LogP contribution in [0.5, 0.6) is 11.5 Å². The summed E-state index contributed by atoms with van der Waals surface area (Å²) in [6.45, 7) is 2.03. The molecule has 1 atom stereocenters. The number of benzene rings is 1. The number of nitrogens with one attached hydrogen (secondary N) is 1. The summed E-state index contributed by atoms with van der Waals surface area (Å²) in [4.78, 5) is 0. The van der Waals surface area contributed by atoms with E-state index in [1.807, 2.05) is 0 Å². The molecule has 1 aromatic carbocycles. The van der Waals surface area contributed by atoms with E-state index < -0.39 is 5.82 Å². The van der Waals surface area contributed by atoms with E-state index in [1.54, 1.807) is 6.07 Å². The fraction of sp³-hybridized carbons (Fsp3) is 0.538. The van der Waals surface area contributed by atoms with E-state index in [2.05, 4.69) is 5.32 Å². The van der Waals surface area contributed by atoms with E-state index in [9.17, 15) is 9.50 Å². The minimum atomic E-state index is -0.494. The van der Waals surface area contributed by atoms with Gasteiger partial charge in [-0.1, -0.05) is 0 Å². The van der Waals surface area contributed by atoms with E-state index in [1.165, 1.54) is 13.2 Å². The summed E-state index contributed by atoms with van der Waals surface area (Å²) in [5, 5.41) is 12.9. The van der Waals surface area contributed by atoms with Crippen molar-refractivity contribution in [2.45, 2.75) is 19.3 Å². The summed E-state index contributed by atoms with van der Waals surface area (Å²) in [6, 6.07) is 3.05. The Hall–Kier alpha value is -1.29. The summed E-state index contributed by atoms with van der Waals surface area (Å²) in [5.41, 5.74) is 0.828. The molecule has 0 amide bonds.